The number of hydrogen-bond acceptors (Lipinski definition) is 6. The highest BCUT2D eigenvalue weighted by molar-refractivity contribution is 7.80. The van der Waals surface area contributed by atoms with Crippen molar-refractivity contribution < 1.29 is 13.9 Å². The summed E-state index contributed by atoms with van der Waals surface area (Å²) in [5.41, 5.74) is 13.0. The van der Waals surface area contributed by atoms with Crippen molar-refractivity contribution >= 4 is 39.6 Å². The van der Waals surface area contributed by atoms with E-state index in [0.717, 1.165) is 19.3 Å². The molecule has 0 bridgehead atoms. The van der Waals surface area contributed by atoms with Crippen molar-refractivity contribution in [2.45, 2.75) is 44.9 Å². The zero-order chi connectivity index (χ0) is 26.9. The maximum Gasteiger partial charge on any atom is 0.217 e. The fraction of sp³-hybridized carbons (Fsp3) is 0.258. The van der Waals surface area contributed by atoms with Gasteiger partial charge in [-0.15, -0.1) is 0 Å². The Hall–Kier alpha value is -3.97. The molecule has 6 nitrogen and oxygen atoms in total. The van der Waals surface area contributed by atoms with Gasteiger partial charge in [-0.1, -0.05) is 80.4 Å². The van der Waals surface area contributed by atoms with Crippen LogP contribution in [-0.4, -0.2) is 17.4 Å². The highest BCUT2D eigenvalue weighted by Crippen LogP contribution is 2.24. The zero-order valence-corrected chi connectivity index (χ0v) is 22.1. The van der Waals surface area contributed by atoms with Crippen molar-refractivity contribution in [2.75, 3.05) is 12.3 Å². The van der Waals surface area contributed by atoms with Crippen LogP contribution in [0.15, 0.2) is 82.0 Å². The van der Waals surface area contributed by atoms with Crippen molar-refractivity contribution in [1.82, 2.24) is 0 Å². The maximum atomic E-state index is 13.2. The number of thiocarbonyl (C=S) groups is 1. The Labute approximate surface area is 227 Å². The van der Waals surface area contributed by atoms with Crippen LogP contribution >= 0.6 is 12.2 Å². The van der Waals surface area contributed by atoms with Gasteiger partial charge in [-0.3, -0.25) is 9.59 Å². The molecule has 4 aromatic rings. The lowest BCUT2D eigenvalue weighted by Gasteiger charge is -2.10. The number of hydrogen-bond donors (Lipinski definition) is 2. The number of carbonyl (C=O) groups excluding carboxylic acids is 1. The SMILES string of the molecule is NC(=S)c1oc2cccc(C(=O)c3ccc(OCCCCCCCCc4ccccc4)cc3)c2c(=O)c1N. The molecule has 0 radical (unpaired) electrons. The first-order chi connectivity index (χ1) is 18.5. The van der Waals surface area contributed by atoms with Gasteiger partial charge in [-0.25, -0.2) is 0 Å². The van der Waals surface area contributed by atoms with E-state index in [2.05, 4.69) is 30.3 Å². The zero-order valence-electron chi connectivity index (χ0n) is 21.3. The van der Waals surface area contributed by atoms with Crippen molar-refractivity contribution in [1.29, 1.82) is 0 Å². The summed E-state index contributed by atoms with van der Waals surface area (Å²) < 4.78 is 11.5. The lowest BCUT2D eigenvalue weighted by molar-refractivity contribution is 0.104. The van der Waals surface area contributed by atoms with E-state index in [1.807, 2.05) is 0 Å². The molecule has 7 heteroatoms. The third-order valence-electron chi connectivity index (χ3n) is 6.51. The van der Waals surface area contributed by atoms with Gasteiger partial charge in [0.1, 0.15) is 22.0 Å². The second-order valence-corrected chi connectivity index (χ2v) is 9.72. The number of aryl methyl sites for hydroxylation is 1. The Balaban J connectivity index is 1.26. The summed E-state index contributed by atoms with van der Waals surface area (Å²) in [4.78, 5) is 26.0. The van der Waals surface area contributed by atoms with E-state index in [-0.39, 0.29) is 38.8 Å². The number of carbonyl (C=O) groups is 1. The third kappa shape index (κ3) is 6.66. The highest BCUT2D eigenvalue weighted by Gasteiger charge is 2.20. The molecule has 3 aromatic carbocycles. The third-order valence-corrected chi connectivity index (χ3v) is 6.70. The lowest BCUT2D eigenvalue weighted by atomic mass is 9.99. The van der Waals surface area contributed by atoms with E-state index >= 15 is 0 Å². The highest BCUT2D eigenvalue weighted by atomic mass is 32.1. The van der Waals surface area contributed by atoms with E-state index < -0.39 is 5.43 Å². The second-order valence-electron chi connectivity index (χ2n) is 9.28. The Morgan fingerprint density at radius 3 is 2.24 bits per heavy atom. The van der Waals surface area contributed by atoms with Gasteiger partial charge in [0.25, 0.3) is 0 Å². The molecule has 1 heterocycles. The van der Waals surface area contributed by atoms with Crippen molar-refractivity contribution in [2.24, 2.45) is 5.73 Å². The van der Waals surface area contributed by atoms with Gasteiger partial charge in [0.2, 0.25) is 5.43 Å². The van der Waals surface area contributed by atoms with E-state index in [1.54, 1.807) is 42.5 Å². The number of anilines is 1. The first-order valence-electron chi connectivity index (χ1n) is 12.9. The number of ether oxygens (including phenoxy) is 1. The lowest BCUT2D eigenvalue weighted by Crippen LogP contribution is -2.20. The van der Waals surface area contributed by atoms with Crippen LogP contribution in [-0.2, 0) is 6.42 Å². The quantitative estimate of drug-likeness (QED) is 0.121. The second kappa shape index (κ2) is 13.0. The molecule has 0 aliphatic heterocycles. The molecule has 0 aliphatic carbocycles. The molecule has 0 spiro atoms. The molecule has 4 rings (SSSR count). The van der Waals surface area contributed by atoms with Gasteiger partial charge in [0, 0.05) is 11.1 Å². The Morgan fingerprint density at radius 2 is 1.53 bits per heavy atom. The summed E-state index contributed by atoms with van der Waals surface area (Å²) >= 11 is 4.91. The topological polar surface area (TPSA) is 109 Å². The minimum atomic E-state index is -0.533. The monoisotopic (exact) mass is 528 g/mol. The molecule has 38 heavy (non-hydrogen) atoms. The summed E-state index contributed by atoms with van der Waals surface area (Å²) in [7, 11) is 0. The molecule has 0 unspecified atom stereocenters. The molecule has 0 amide bonds. The smallest absolute Gasteiger partial charge is 0.217 e. The summed E-state index contributed by atoms with van der Waals surface area (Å²) in [5.74, 6) is 0.336. The molecule has 0 atom stereocenters. The molecule has 196 valence electrons. The molecule has 1 aromatic heterocycles. The molecular weight excluding hydrogens is 496 g/mol. The summed E-state index contributed by atoms with van der Waals surface area (Å²) in [6.45, 7) is 0.631. The van der Waals surface area contributed by atoms with Gasteiger partial charge in [0.05, 0.1) is 12.0 Å². The number of ketones is 1. The first kappa shape index (κ1) is 27.1. The van der Waals surface area contributed by atoms with Gasteiger partial charge >= 0.3 is 0 Å². The van der Waals surface area contributed by atoms with Crippen molar-refractivity contribution in [3.8, 4) is 5.75 Å². The van der Waals surface area contributed by atoms with Gasteiger partial charge in [-0.05, 0) is 55.2 Å². The summed E-state index contributed by atoms with van der Waals surface area (Å²) in [5, 5.41) is 0.107. The fourth-order valence-electron chi connectivity index (χ4n) is 4.46. The fourth-order valence-corrected chi connectivity index (χ4v) is 4.61. The minimum Gasteiger partial charge on any atom is -0.494 e. The van der Waals surface area contributed by atoms with Gasteiger partial charge < -0.3 is 20.6 Å². The van der Waals surface area contributed by atoms with Crippen LogP contribution in [0.5, 0.6) is 5.75 Å². The summed E-state index contributed by atoms with van der Waals surface area (Å²) in [6.07, 6.45) is 8.18. The maximum absolute atomic E-state index is 13.2. The van der Waals surface area contributed by atoms with Crippen LogP contribution in [0.2, 0.25) is 0 Å². The number of rotatable bonds is 13. The Morgan fingerprint density at radius 1 is 0.842 bits per heavy atom. The number of nitrogens with two attached hydrogens (primary N) is 2. The largest absolute Gasteiger partial charge is 0.494 e. The normalized spacial score (nSPS) is 10.9. The number of benzene rings is 3. The van der Waals surface area contributed by atoms with Gasteiger partial charge in [0.15, 0.2) is 11.5 Å². The van der Waals surface area contributed by atoms with Crippen LogP contribution in [0, 0.1) is 0 Å². The average molecular weight is 529 g/mol. The van der Waals surface area contributed by atoms with Crippen molar-refractivity contribution in [3.05, 3.63) is 105 Å². The number of nitrogen functional groups attached to an aromatic ring is 1. The number of fused-ring (bicyclic) bond motifs is 1. The van der Waals surface area contributed by atoms with Crippen molar-refractivity contribution in [3.63, 3.8) is 0 Å². The predicted molar refractivity (Wildman–Crippen MR) is 156 cm³/mol. The van der Waals surface area contributed by atoms with E-state index in [4.69, 9.17) is 32.8 Å². The number of unbranched alkanes of at least 4 members (excludes halogenated alkanes) is 5. The standard InChI is InChI=1S/C31H32N2O4S/c32-27-29(35)26-24(14-10-15-25(26)37-30(27)31(33)38)28(34)22-16-18-23(19-17-22)36-20-9-4-2-1-3-6-11-21-12-7-5-8-13-21/h5,7-8,10,12-19H,1-4,6,9,11,20,32H2,(H2,33,38). The van der Waals surface area contributed by atoms with E-state index in [1.165, 1.54) is 31.2 Å². The summed E-state index contributed by atoms with van der Waals surface area (Å²) in [6, 6.07) is 22.3. The van der Waals surface area contributed by atoms with Crippen LogP contribution in [0.3, 0.4) is 0 Å². The molecule has 4 N–H and O–H groups in total. The molecular formula is C31H32N2O4S. The molecule has 0 saturated heterocycles. The first-order valence-corrected chi connectivity index (χ1v) is 13.3. The molecule has 0 aliphatic rings. The van der Waals surface area contributed by atoms with Crippen LogP contribution in [0.4, 0.5) is 5.69 Å². The van der Waals surface area contributed by atoms with Crippen LogP contribution in [0.1, 0.15) is 65.8 Å². The molecule has 0 fully saturated rings. The Bertz CT molecular complexity index is 1460. The van der Waals surface area contributed by atoms with E-state index in [9.17, 15) is 9.59 Å². The van der Waals surface area contributed by atoms with Crippen LogP contribution < -0.4 is 21.6 Å². The van der Waals surface area contributed by atoms with E-state index in [0.29, 0.717) is 17.9 Å². The van der Waals surface area contributed by atoms with Crippen LogP contribution in [0.25, 0.3) is 11.0 Å². The minimum absolute atomic E-state index is 0.0494. The van der Waals surface area contributed by atoms with Gasteiger partial charge in [-0.2, -0.15) is 0 Å². The Kier molecular flexibility index (Phi) is 9.27. The molecule has 0 saturated carbocycles. The predicted octanol–water partition coefficient (Wildman–Crippen LogP) is 6.20. The average Bonchev–Trinajstić information content (AvgIpc) is 2.94.